The first-order valence-electron chi connectivity index (χ1n) is 8.16. The molecule has 0 bridgehead atoms. The summed E-state index contributed by atoms with van der Waals surface area (Å²) in [7, 11) is 0. The van der Waals surface area contributed by atoms with Crippen molar-refractivity contribution in [2.45, 2.75) is 12.8 Å². The Morgan fingerprint density at radius 1 is 0.800 bits per heavy atom. The van der Waals surface area contributed by atoms with E-state index in [0.717, 1.165) is 17.4 Å². The van der Waals surface area contributed by atoms with Crippen molar-refractivity contribution in [1.82, 2.24) is 5.16 Å². The van der Waals surface area contributed by atoms with Crippen LogP contribution in [-0.2, 0) is 12.8 Å². The third kappa shape index (κ3) is 2.94. The molecule has 0 aliphatic carbocycles. The Morgan fingerprint density at radius 3 is 2.40 bits per heavy atom. The second kappa shape index (κ2) is 6.32. The summed E-state index contributed by atoms with van der Waals surface area (Å²) in [5.41, 5.74) is 3.77. The zero-order chi connectivity index (χ0) is 17.2. The number of para-hydroxylation sites is 1. The summed E-state index contributed by atoms with van der Waals surface area (Å²) in [6.07, 6.45) is 1.47. The van der Waals surface area contributed by atoms with Crippen LogP contribution in [0.1, 0.15) is 11.1 Å². The number of hydrogen-bond acceptors (Lipinski definition) is 4. The Labute approximate surface area is 145 Å². The van der Waals surface area contributed by atoms with Crippen LogP contribution in [0.5, 0.6) is 11.5 Å². The second-order valence-corrected chi connectivity index (χ2v) is 6.01. The maximum atomic E-state index is 10.3. The quantitative estimate of drug-likeness (QED) is 0.569. The van der Waals surface area contributed by atoms with E-state index in [2.05, 4.69) is 17.3 Å². The molecule has 0 unspecified atom stereocenters. The molecule has 1 aromatic heterocycles. The van der Waals surface area contributed by atoms with Crippen molar-refractivity contribution < 1.29 is 14.7 Å². The van der Waals surface area contributed by atoms with Crippen molar-refractivity contribution in [1.29, 1.82) is 0 Å². The summed E-state index contributed by atoms with van der Waals surface area (Å²) in [6, 6.07) is 20.8. The molecular formula is C21H17NO3. The molecule has 0 radical (unpaired) electrons. The fraction of sp³-hybridized carbons (Fsp3) is 0.0952. The van der Waals surface area contributed by atoms with Crippen molar-refractivity contribution in [2.24, 2.45) is 0 Å². The molecule has 1 heterocycles. The van der Waals surface area contributed by atoms with E-state index < -0.39 is 0 Å². The van der Waals surface area contributed by atoms with Crippen molar-refractivity contribution in [3.05, 3.63) is 77.9 Å². The normalized spacial score (nSPS) is 11.0. The molecule has 0 fully saturated rings. The molecule has 124 valence electrons. The van der Waals surface area contributed by atoms with Crippen molar-refractivity contribution in [3.63, 3.8) is 0 Å². The number of benzene rings is 3. The van der Waals surface area contributed by atoms with E-state index in [0.29, 0.717) is 23.3 Å². The lowest BCUT2D eigenvalue weighted by Crippen LogP contribution is -1.93. The lowest BCUT2D eigenvalue weighted by Gasteiger charge is -2.09. The van der Waals surface area contributed by atoms with E-state index in [1.807, 2.05) is 42.5 Å². The third-order valence-electron chi connectivity index (χ3n) is 4.36. The average molecular weight is 331 g/mol. The van der Waals surface area contributed by atoms with Crippen LogP contribution in [0.3, 0.4) is 0 Å². The van der Waals surface area contributed by atoms with Crippen LogP contribution >= 0.6 is 0 Å². The first-order chi connectivity index (χ1) is 12.2. The highest BCUT2D eigenvalue weighted by molar-refractivity contribution is 5.93. The third-order valence-corrected chi connectivity index (χ3v) is 4.36. The Morgan fingerprint density at radius 2 is 1.56 bits per heavy atom. The van der Waals surface area contributed by atoms with Gasteiger partial charge in [0.05, 0.1) is 0 Å². The summed E-state index contributed by atoms with van der Waals surface area (Å²) >= 11 is 0. The van der Waals surface area contributed by atoms with Gasteiger partial charge in [0.25, 0.3) is 0 Å². The van der Waals surface area contributed by atoms with Gasteiger partial charge in [-0.3, -0.25) is 0 Å². The number of phenols is 2. The van der Waals surface area contributed by atoms with Crippen LogP contribution in [0.4, 0.5) is 0 Å². The van der Waals surface area contributed by atoms with Gasteiger partial charge in [0.2, 0.25) is 0 Å². The highest BCUT2D eigenvalue weighted by Gasteiger charge is 2.16. The van der Waals surface area contributed by atoms with Gasteiger partial charge in [-0.05, 0) is 42.2 Å². The lowest BCUT2D eigenvalue weighted by atomic mass is 9.98. The van der Waals surface area contributed by atoms with Gasteiger partial charge in [0, 0.05) is 17.0 Å². The Hall–Kier alpha value is -3.27. The number of nitrogens with zero attached hydrogens (tertiary/aromatic N) is 1. The van der Waals surface area contributed by atoms with Gasteiger partial charge in [-0.15, -0.1) is 0 Å². The smallest absolute Gasteiger partial charge is 0.167 e. The Kier molecular flexibility index (Phi) is 3.86. The Bertz CT molecular complexity index is 1020. The number of aryl methyl sites for hydroxylation is 2. The molecule has 0 aliphatic heterocycles. The largest absolute Gasteiger partial charge is 0.508 e. The molecule has 3 aromatic carbocycles. The van der Waals surface area contributed by atoms with E-state index in [1.165, 1.54) is 11.6 Å². The van der Waals surface area contributed by atoms with Crippen LogP contribution in [0.25, 0.3) is 22.2 Å². The second-order valence-electron chi connectivity index (χ2n) is 6.01. The van der Waals surface area contributed by atoms with E-state index in [9.17, 15) is 10.2 Å². The zero-order valence-corrected chi connectivity index (χ0v) is 13.5. The summed E-state index contributed by atoms with van der Waals surface area (Å²) in [5.74, 6) is 0.0741. The standard InChI is InChI=1S/C21H17NO3/c23-18-13-19(24)17(21-16-8-4-5-9-20(16)25-22-21)12-15(18)11-10-14-6-2-1-3-7-14/h1-9,12-13,23-24H,10-11H2. The molecule has 0 saturated heterocycles. The summed E-state index contributed by atoms with van der Waals surface area (Å²) < 4.78 is 5.33. The minimum absolute atomic E-state index is 0.0139. The van der Waals surface area contributed by atoms with E-state index in [-0.39, 0.29) is 11.5 Å². The maximum Gasteiger partial charge on any atom is 0.167 e. The summed E-state index contributed by atoms with van der Waals surface area (Å²) in [5, 5.41) is 25.4. The molecule has 4 rings (SSSR count). The SMILES string of the molecule is Oc1cc(O)c(-c2noc3ccccc23)cc1CCc1ccccc1. The highest BCUT2D eigenvalue weighted by Crippen LogP contribution is 2.38. The van der Waals surface area contributed by atoms with E-state index in [1.54, 1.807) is 6.07 Å². The predicted octanol–water partition coefficient (Wildman–Crippen LogP) is 4.69. The molecule has 0 atom stereocenters. The van der Waals surface area contributed by atoms with Crippen LogP contribution in [0, 0.1) is 0 Å². The van der Waals surface area contributed by atoms with Gasteiger partial charge in [0.15, 0.2) is 5.58 Å². The van der Waals surface area contributed by atoms with E-state index >= 15 is 0 Å². The summed E-state index contributed by atoms with van der Waals surface area (Å²) in [4.78, 5) is 0. The fourth-order valence-corrected chi connectivity index (χ4v) is 3.02. The van der Waals surface area contributed by atoms with Gasteiger partial charge in [0.1, 0.15) is 17.2 Å². The highest BCUT2D eigenvalue weighted by atomic mass is 16.5. The van der Waals surface area contributed by atoms with Crippen LogP contribution in [0.15, 0.2) is 71.3 Å². The topological polar surface area (TPSA) is 66.5 Å². The minimum atomic E-state index is -0.0139. The molecule has 0 amide bonds. The monoisotopic (exact) mass is 331 g/mol. The Balaban J connectivity index is 1.71. The lowest BCUT2D eigenvalue weighted by molar-refractivity contribution is 0.443. The van der Waals surface area contributed by atoms with Gasteiger partial charge in [-0.25, -0.2) is 0 Å². The van der Waals surface area contributed by atoms with Gasteiger partial charge >= 0.3 is 0 Å². The fourth-order valence-electron chi connectivity index (χ4n) is 3.02. The maximum absolute atomic E-state index is 10.3. The molecule has 0 aliphatic rings. The average Bonchev–Trinajstić information content (AvgIpc) is 3.06. The van der Waals surface area contributed by atoms with Crippen LogP contribution in [-0.4, -0.2) is 15.4 Å². The predicted molar refractivity (Wildman–Crippen MR) is 96.6 cm³/mol. The molecule has 4 heteroatoms. The number of hydrogen-bond donors (Lipinski definition) is 2. The molecule has 4 nitrogen and oxygen atoms in total. The molecule has 4 aromatic rings. The summed E-state index contributed by atoms with van der Waals surface area (Å²) in [6.45, 7) is 0. The number of aromatic hydroxyl groups is 2. The minimum Gasteiger partial charge on any atom is -0.508 e. The van der Waals surface area contributed by atoms with Crippen molar-refractivity contribution in [3.8, 4) is 22.8 Å². The molecule has 25 heavy (non-hydrogen) atoms. The van der Waals surface area contributed by atoms with Crippen LogP contribution in [0.2, 0.25) is 0 Å². The zero-order valence-electron chi connectivity index (χ0n) is 13.5. The molecule has 0 saturated carbocycles. The van der Waals surface area contributed by atoms with Gasteiger partial charge in [-0.1, -0.05) is 47.6 Å². The molecule has 2 N–H and O–H groups in total. The first kappa shape index (κ1) is 15.3. The first-order valence-corrected chi connectivity index (χ1v) is 8.16. The van der Waals surface area contributed by atoms with E-state index in [4.69, 9.17) is 4.52 Å². The van der Waals surface area contributed by atoms with Crippen LogP contribution < -0.4 is 0 Å². The number of rotatable bonds is 4. The molecule has 0 spiro atoms. The number of fused-ring (bicyclic) bond motifs is 1. The number of phenolic OH excluding ortho intramolecular Hbond substituents is 2. The van der Waals surface area contributed by atoms with Gasteiger partial charge < -0.3 is 14.7 Å². The molecular weight excluding hydrogens is 314 g/mol. The van der Waals surface area contributed by atoms with Crippen molar-refractivity contribution in [2.75, 3.05) is 0 Å². The van der Waals surface area contributed by atoms with Crippen molar-refractivity contribution >= 4 is 11.0 Å². The number of aromatic nitrogens is 1. The van der Waals surface area contributed by atoms with Gasteiger partial charge in [-0.2, -0.15) is 0 Å².